The van der Waals surface area contributed by atoms with Crippen molar-refractivity contribution in [3.05, 3.63) is 53.0 Å². The van der Waals surface area contributed by atoms with Crippen molar-refractivity contribution in [1.29, 1.82) is 0 Å². The van der Waals surface area contributed by atoms with Gasteiger partial charge in [-0.25, -0.2) is 4.79 Å². The minimum absolute atomic E-state index is 0.166. The largest absolute Gasteiger partial charge is 0.466 e. The number of urea groups is 1. The predicted octanol–water partition coefficient (Wildman–Crippen LogP) is 3.14. The molecule has 1 atom stereocenters. The van der Waals surface area contributed by atoms with Crippen LogP contribution in [0.4, 0.5) is 10.5 Å². The van der Waals surface area contributed by atoms with Crippen LogP contribution in [0, 0.1) is 13.8 Å². The molecule has 0 fully saturated rings. The number of anilines is 1. The highest BCUT2D eigenvalue weighted by molar-refractivity contribution is 5.95. The Morgan fingerprint density at radius 2 is 1.78 bits per heavy atom. The quantitative estimate of drug-likeness (QED) is 0.810. The third-order valence-corrected chi connectivity index (χ3v) is 3.53. The zero-order valence-corrected chi connectivity index (χ0v) is 13.7. The van der Waals surface area contributed by atoms with Gasteiger partial charge >= 0.3 is 6.03 Å². The van der Waals surface area contributed by atoms with Gasteiger partial charge in [-0.2, -0.15) is 0 Å². The summed E-state index contributed by atoms with van der Waals surface area (Å²) in [6.07, 6.45) is 0. The van der Waals surface area contributed by atoms with E-state index >= 15 is 0 Å². The maximum atomic E-state index is 12.1. The Labute approximate surface area is 135 Å². The molecule has 2 aromatic rings. The number of benzene rings is 1. The van der Waals surface area contributed by atoms with Gasteiger partial charge < -0.3 is 20.4 Å². The van der Waals surface area contributed by atoms with Gasteiger partial charge in [-0.05, 0) is 51.1 Å². The molecule has 0 saturated carbocycles. The SMILES string of the molecule is CNC(=O)c1ccc(NC(=O)N[C@H](C)c2cc(C)oc2C)cc1. The van der Waals surface area contributed by atoms with Crippen LogP contribution in [0.5, 0.6) is 0 Å². The lowest BCUT2D eigenvalue weighted by atomic mass is 10.1. The van der Waals surface area contributed by atoms with Gasteiger partial charge in [-0.15, -0.1) is 0 Å². The van der Waals surface area contributed by atoms with E-state index in [0.29, 0.717) is 11.3 Å². The Bertz CT molecular complexity index is 704. The number of hydrogen-bond donors (Lipinski definition) is 3. The topological polar surface area (TPSA) is 83.4 Å². The summed E-state index contributed by atoms with van der Waals surface area (Å²) in [5.41, 5.74) is 2.10. The van der Waals surface area contributed by atoms with Crippen LogP contribution in [0.25, 0.3) is 0 Å². The summed E-state index contributed by atoms with van der Waals surface area (Å²) >= 11 is 0. The molecule has 0 saturated heterocycles. The molecule has 0 spiro atoms. The Hall–Kier alpha value is -2.76. The summed E-state index contributed by atoms with van der Waals surface area (Å²) in [7, 11) is 1.57. The molecule has 1 aromatic carbocycles. The molecular formula is C17H21N3O3. The lowest BCUT2D eigenvalue weighted by Crippen LogP contribution is -2.31. The molecule has 3 N–H and O–H groups in total. The van der Waals surface area contributed by atoms with Crippen molar-refractivity contribution in [2.45, 2.75) is 26.8 Å². The van der Waals surface area contributed by atoms with Crippen LogP contribution in [0.1, 0.15) is 40.4 Å². The number of aryl methyl sites for hydroxylation is 2. The van der Waals surface area contributed by atoms with Gasteiger partial charge in [0, 0.05) is 23.9 Å². The second-order valence-corrected chi connectivity index (χ2v) is 5.35. The molecular weight excluding hydrogens is 294 g/mol. The maximum Gasteiger partial charge on any atom is 0.319 e. The van der Waals surface area contributed by atoms with Crippen LogP contribution in [-0.2, 0) is 0 Å². The van der Waals surface area contributed by atoms with E-state index in [1.54, 1.807) is 31.3 Å². The van der Waals surface area contributed by atoms with Gasteiger partial charge in [0.15, 0.2) is 0 Å². The van der Waals surface area contributed by atoms with Crippen molar-refractivity contribution in [1.82, 2.24) is 10.6 Å². The summed E-state index contributed by atoms with van der Waals surface area (Å²) in [5.74, 6) is 1.45. The molecule has 2 rings (SSSR count). The summed E-state index contributed by atoms with van der Waals surface area (Å²) < 4.78 is 5.47. The molecule has 3 amide bonds. The van der Waals surface area contributed by atoms with Crippen molar-refractivity contribution in [3.8, 4) is 0 Å². The van der Waals surface area contributed by atoms with E-state index in [-0.39, 0.29) is 18.0 Å². The van der Waals surface area contributed by atoms with Crippen LogP contribution >= 0.6 is 0 Å². The highest BCUT2D eigenvalue weighted by Gasteiger charge is 2.15. The first-order valence-electron chi connectivity index (χ1n) is 7.37. The minimum Gasteiger partial charge on any atom is -0.466 e. The van der Waals surface area contributed by atoms with Gasteiger partial charge in [-0.3, -0.25) is 4.79 Å². The summed E-state index contributed by atoms with van der Waals surface area (Å²) in [4.78, 5) is 23.5. The third-order valence-electron chi connectivity index (χ3n) is 3.53. The Kier molecular flexibility index (Phi) is 5.05. The van der Waals surface area contributed by atoms with Crippen LogP contribution in [0.15, 0.2) is 34.7 Å². The van der Waals surface area contributed by atoms with E-state index in [1.165, 1.54) is 0 Å². The number of hydrogen-bond acceptors (Lipinski definition) is 3. The molecule has 23 heavy (non-hydrogen) atoms. The number of nitrogens with one attached hydrogen (secondary N) is 3. The van der Waals surface area contributed by atoms with Gasteiger partial charge in [0.2, 0.25) is 0 Å². The van der Waals surface area contributed by atoms with E-state index in [9.17, 15) is 9.59 Å². The van der Waals surface area contributed by atoms with Gasteiger partial charge in [0.25, 0.3) is 5.91 Å². The van der Waals surface area contributed by atoms with Gasteiger partial charge in [0.05, 0.1) is 6.04 Å². The number of carbonyl (C=O) groups excluding carboxylic acids is 2. The lowest BCUT2D eigenvalue weighted by molar-refractivity contribution is 0.0963. The van der Waals surface area contributed by atoms with Gasteiger partial charge in [0.1, 0.15) is 11.5 Å². The van der Waals surface area contributed by atoms with Crippen molar-refractivity contribution >= 4 is 17.6 Å². The first kappa shape index (κ1) is 16.6. The van der Waals surface area contributed by atoms with Crippen molar-refractivity contribution < 1.29 is 14.0 Å². The third kappa shape index (κ3) is 4.12. The highest BCUT2D eigenvalue weighted by atomic mass is 16.3. The fourth-order valence-corrected chi connectivity index (χ4v) is 2.37. The monoisotopic (exact) mass is 315 g/mol. The first-order chi connectivity index (χ1) is 10.9. The van der Waals surface area contributed by atoms with E-state index in [0.717, 1.165) is 17.1 Å². The van der Waals surface area contributed by atoms with Crippen LogP contribution < -0.4 is 16.0 Å². The molecule has 0 unspecified atom stereocenters. The Balaban J connectivity index is 1.96. The fraction of sp³-hybridized carbons (Fsp3) is 0.294. The minimum atomic E-state index is -0.316. The molecule has 0 aliphatic heterocycles. The summed E-state index contributed by atoms with van der Waals surface area (Å²) in [5, 5.41) is 8.14. The average Bonchev–Trinajstić information content (AvgIpc) is 2.86. The van der Waals surface area contributed by atoms with Gasteiger partial charge in [-0.1, -0.05) is 0 Å². The number of amides is 3. The summed E-state index contributed by atoms with van der Waals surface area (Å²) in [6.45, 7) is 5.64. The molecule has 6 heteroatoms. The smallest absolute Gasteiger partial charge is 0.319 e. The number of rotatable bonds is 4. The fourth-order valence-electron chi connectivity index (χ4n) is 2.37. The molecule has 6 nitrogen and oxygen atoms in total. The van der Waals surface area contributed by atoms with Crippen molar-refractivity contribution in [2.24, 2.45) is 0 Å². The Morgan fingerprint density at radius 1 is 1.13 bits per heavy atom. The van der Waals surface area contributed by atoms with Crippen LogP contribution in [0.3, 0.4) is 0 Å². The van der Waals surface area contributed by atoms with E-state index in [2.05, 4.69) is 16.0 Å². The van der Waals surface area contributed by atoms with Crippen LogP contribution in [0.2, 0.25) is 0 Å². The molecule has 0 bridgehead atoms. The van der Waals surface area contributed by atoms with Crippen molar-refractivity contribution in [2.75, 3.05) is 12.4 Å². The van der Waals surface area contributed by atoms with Crippen molar-refractivity contribution in [3.63, 3.8) is 0 Å². The van der Waals surface area contributed by atoms with E-state index in [4.69, 9.17) is 4.42 Å². The first-order valence-corrected chi connectivity index (χ1v) is 7.37. The maximum absolute atomic E-state index is 12.1. The molecule has 0 radical (unpaired) electrons. The molecule has 0 aliphatic carbocycles. The van der Waals surface area contributed by atoms with E-state index in [1.807, 2.05) is 26.8 Å². The standard InChI is InChI=1S/C17H21N3O3/c1-10-9-15(12(3)23-10)11(2)19-17(22)20-14-7-5-13(6-8-14)16(21)18-4/h5-9,11H,1-4H3,(H,18,21)(H2,19,20,22)/t11-/m1/s1. The zero-order chi connectivity index (χ0) is 17.0. The average molecular weight is 315 g/mol. The van der Waals surface area contributed by atoms with E-state index < -0.39 is 0 Å². The predicted molar refractivity (Wildman–Crippen MR) is 88.6 cm³/mol. The molecule has 0 aliphatic rings. The zero-order valence-electron chi connectivity index (χ0n) is 13.7. The lowest BCUT2D eigenvalue weighted by Gasteiger charge is -2.14. The second-order valence-electron chi connectivity index (χ2n) is 5.35. The van der Waals surface area contributed by atoms with Crippen LogP contribution in [-0.4, -0.2) is 19.0 Å². The second kappa shape index (κ2) is 7.00. The highest BCUT2D eigenvalue weighted by Crippen LogP contribution is 2.21. The number of furan rings is 1. The summed E-state index contributed by atoms with van der Waals surface area (Å²) in [6, 6.07) is 8.10. The molecule has 1 aromatic heterocycles. The normalized spacial score (nSPS) is 11.7. The molecule has 1 heterocycles. The Morgan fingerprint density at radius 3 is 2.30 bits per heavy atom. The molecule has 122 valence electrons. The number of carbonyl (C=O) groups is 2.